The summed E-state index contributed by atoms with van der Waals surface area (Å²) in [6, 6.07) is 6.93. The van der Waals surface area contributed by atoms with Crippen molar-refractivity contribution < 1.29 is 14.3 Å². The van der Waals surface area contributed by atoms with Crippen LogP contribution in [0, 0.1) is 0 Å². The zero-order chi connectivity index (χ0) is 12.0. The predicted octanol–water partition coefficient (Wildman–Crippen LogP) is 2.17. The van der Waals surface area contributed by atoms with E-state index >= 15 is 0 Å². The van der Waals surface area contributed by atoms with E-state index in [4.69, 9.17) is 4.74 Å². The number of hydrogen-bond donors (Lipinski definition) is 0. The molecule has 0 amide bonds. The lowest BCUT2D eigenvalue weighted by atomic mass is 9.90. The Morgan fingerprint density at radius 3 is 2.18 bits per heavy atom. The molecule has 0 saturated heterocycles. The van der Waals surface area contributed by atoms with Crippen LogP contribution in [0.5, 0.6) is 0 Å². The number of carbonyl (C=O) groups is 2. The molecule has 0 bridgehead atoms. The molecule has 1 aromatic rings. The molecule has 0 unspecified atom stereocenters. The highest BCUT2D eigenvalue weighted by Crippen LogP contribution is 2.38. The Hall–Kier alpha value is -1.74. The summed E-state index contributed by atoms with van der Waals surface area (Å²) < 4.78 is 5.58. The van der Waals surface area contributed by atoms with Crippen molar-refractivity contribution in [3.63, 3.8) is 0 Å². The Labute approximate surface area is 99.1 Å². The molecule has 1 spiro atoms. The number of fused-ring (bicyclic) bond motifs is 1. The average molecular weight is 228 g/mol. The minimum Gasteiger partial charge on any atom is -0.354 e. The molecule has 17 heavy (non-hydrogen) atoms. The fourth-order valence-electron chi connectivity index (χ4n) is 2.41. The van der Waals surface area contributed by atoms with Crippen molar-refractivity contribution in [2.75, 3.05) is 6.61 Å². The second-order valence-corrected chi connectivity index (χ2v) is 4.57. The van der Waals surface area contributed by atoms with Gasteiger partial charge in [-0.15, -0.1) is 0 Å². The van der Waals surface area contributed by atoms with Gasteiger partial charge in [0.2, 0.25) is 11.6 Å². The Kier molecular flexibility index (Phi) is 2.07. The van der Waals surface area contributed by atoms with Crippen molar-refractivity contribution in [2.45, 2.75) is 18.9 Å². The van der Waals surface area contributed by atoms with E-state index in [0.29, 0.717) is 24.2 Å². The third-order valence-corrected chi connectivity index (χ3v) is 3.43. The molecule has 3 heteroatoms. The SMILES string of the molecule is CC1=CCC2(OC1)C(=O)c1ccccc1C2=O. The van der Waals surface area contributed by atoms with Crippen LogP contribution in [0.25, 0.3) is 0 Å². The van der Waals surface area contributed by atoms with Gasteiger partial charge in [-0.3, -0.25) is 9.59 Å². The fraction of sp³-hybridized carbons (Fsp3) is 0.286. The molecule has 3 rings (SSSR count). The number of benzene rings is 1. The van der Waals surface area contributed by atoms with Crippen molar-refractivity contribution in [3.05, 3.63) is 47.0 Å². The van der Waals surface area contributed by atoms with Gasteiger partial charge < -0.3 is 4.74 Å². The minimum absolute atomic E-state index is 0.193. The number of rotatable bonds is 0. The van der Waals surface area contributed by atoms with Crippen LogP contribution in [0.1, 0.15) is 34.1 Å². The van der Waals surface area contributed by atoms with Crippen molar-refractivity contribution in [1.82, 2.24) is 0 Å². The predicted molar refractivity (Wildman–Crippen MR) is 62.2 cm³/mol. The molecule has 1 aromatic carbocycles. The first-order valence-corrected chi connectivity index (χ1v) is 5.63. The quantitative estimate of drug-likeness (QED) is 0.505. The summed E-state index contributed by atoms with van der Waals surface area (Å²) in [6.45, 7) is 2.29. The van der Waals surface area contributed by atoms with Gasteiger partial charge in [0.15, 0.2) is 5.60 Å². The van der Waals surface area contributed by atoms with Crippen molar-refractivity contribution in [2.24, 2.45) is 0 Å². The minimum atomic E-state index is -1.27. The summed E-state index contributed by atoms with van der Waals surface area (Å²) in [7, 11) is 0. The van der Waals surface area contributed by atoms with Crippen LogP contribution in [0.4, 0.5) is 0 Å². The monoisotopic (exact) mass is 228 g/mol. The van der Waals surface area contributed by atoms with Crippen LogP contribution in [0.15, 0.2) is 35.9 Å². The number of carbonyl (C=O) groups excluding carboxylic acids is 2. The van der Waals surface area contributed by atoms with Gasteiger partial charge >= 0.3 is 0 Å². The van der Waals surface area contributed by atoms with Crippen molar-refractivity contribution in [3.8, 4) is 0 Å². The second kappa shape index (κ2) is 3.37. The Bertz CT molecular complexity index is 519. The Balaban J connectivity index is 2.12. The molecule has 3 nitrogen and oxygen atoms in total. The zero-order valence-corrected chi connectivity index (χ0v) is 9.53. The summed E-state index contributed by atoms with van der Waals surface area (Å²) in [5.41, 5.74) is 0.770. The van der Waals surface area contributed by atoms with E-state index in [1.807, 2.05) is 13.0 Å². The molecule has 0 radical (unpaired) electrons. The zero-order valence-electron chi connectivity index (χ0n) is 9.53. The van der Waals surface area contributed by atoms with Gasteiger partial charge in [-0.2, -0.15) is 0 Å². The fourth-order valence-corrected chi connectivity index (χ4v) is 2.41. The largest absolute Gasteiger partial charge is 0.354 e. The standard InChI is InChI=1S/C14H12O3/c1-9-6-7-14(17-8-9)12(15)10-4-2-3-5-11(10)13(14)16/h2-6H,7-8H2,1H3. The van der Waals surface area contributed by atoms with Crippen LogP contribution in [-0.4, -0.2) is 23.8 Å². The molecule has 0 saturated carbocycles. The molecule has 0 aromatic heterocycles. The molecule has 2 aliphatic rings. The van der Waals surface area contributed by atoms with E-state index < -0.39 is 5.60 Å². The van der Waals surface area contributed by atoms with Crippen LogP contribution in [0.2, 0.25) is 0 Å². The molecule has 0 atom stereocenters. The summed E-state index contributed by atoms with van der Waals surface area (Å²) >= 11 is 0. The van der Waals surface area contributed by atoms with E-state index in [0.717, 1.165) is 5.57 Å². The maximum Gasteiger partial charge on any atom is 0.203 e. The van der Waals surface area contributed by atoms with Crippen LogP contribution >= 0.6 is 0 Å². The number of hydrogen-bond acceptors (Lipinski definition) is 3. The highest BCUT2D eigenvalue weighted by Gasteiger charge is 2.54. The summed E-state index contributed by atoms with van der Waals surface area (Å²) in [5, 5.41) is 0. The first kappa shape index (κ1) is 10.4. The van der Waals surface area contributed by atoms with Gasteiger partial charge in [-0.05, 0) is 6.92 Å². The van der Waals surface area contributed by atoms with E-state index in [-0.39, 0.29) is 11.6 Å². The summed E-state index contributed by atoms with van der Waals surface area (Å²) in [4.78, 5) is 24.6. The van der Waals surface area contributed by atoms with E-state index in [9.17, 15) is 9.59 Å². The number of ketones is 2. The van der Waals surface area contributed by atoms with Crippen LogP contribution in [0.3, 0.4) is 0 Å². The Morgan fingerprint density at radius 2 is 1.71 bits per heavy atom. The summed E-state index contributed by atoms with van der Waals surface area (Å²) in [5.74, 6) is -0.385. The first-order chi connectivity index (χ1) is 8.15. The maximum absolute atomic E-state index is 12.3. The van der Waals surface area contributed by atoms with Gasteiger partial charge in [0.25, 0.3) is 0 Å². The summed E-state index contributed by atoms with van der Waals surface area (Å²) in [6.07, 6.45) is 2.27. The van der Waals surface area contributed by atoms with Crippen molar-refractivity contribution >= 4 is 11.6 Å². The molecule has 1 heterocycles. The molecule has 0 fully saturated rings. The van der Waals surface area contributed by atoms with Gasteiger partial charge in [0.1, 0.15) is 0 Å². The lowest BCUT2D eigenvalue weighted by Crippen LogP contribution is -2.45. The maximum atomic E-state index is 12.3. The lowest BCUT2D eigenvalue weighted by molar-refractivity contribution is -0.00606. The molecule has 0 N–H and O–H groups in total. The molecule has 1 aliphatic heterocycles. The van der Waals surface area contributed by atoms with E-state index in [1.54, 1.807) is 24.3 Å². The highest BCUT2D eigenvalue weighted by atomic mass is 16.5. The molecule has 86 valence electrons. The van der Waals surface area contributed by atoms with Gasteiger partial charge in [0, 0.05) is 17.5 Å². The molecular weight excluding hydrogens is 216 g/mol. The van der Waals surface area contributed by atoms with Gasteiger partial charge in [-0.25, -0.2) is 0 Å². The molecule has 1 aliphatic carbocycles. The van der Waals surface area contributed by atoms with Gasteiger partial charge in [0.05, 0.1) is 6.61 Å². The molecular formula is C14H12O3. The van der Waals surface area contributed by atoms with Crippen molar-refractivity contribution in [1.29, 1.82) is 0 Å². The number of Topliss-reactive ketones (excluding diaryl/α,β-unsaturated/α-hetero) is 2. The normalized spacial score (nSPS) is 21.6. The first-order valence-electron chi connectivity index (χ1n) is 5.63. The van der Waals surface area contributed by atoms with Crippen LogP contribution < -0.4 is 0 Å². The lowest BCUT2D eigenvalue weighted by Gasteiger charge is -2.29. The van der Waals surface area contributed by atoms with Crippen LogP contribution in [-0.2, 0) is 4.74 Å². The third-order valence-electron chi connectivity index (χ3n) is 3.43. The number of ether oxygens (including phenoxy) is 1. The van der Waals surface area contributed by atoms with E-state index in [1.165, 1.54) is 0 Å². The van der Waals surface area contributed by atoms with Gasteiger partial charge in [-0.1, -0.05) is 35.9 Å². The Morgan fingerprint density at radius 1 is 1.12 bits per heavy atom. The third kappa shape index (κ3) is 1.26. The second-order valence-electron chi connectivity index (χ2n) is 4.57. The highest BCUT2D eigenvalue weighted by molar-refractivity contribution is 6.32. The smallest absolute Gasteiger partial charge is 0.203 e. The topological polar surface area (TPSA) is 43.4 Å². The average Bonchev–Trinajstić information content (AvgIpc) is 2.57. The van der Waals surface area contributed by atoms with E-state index in [2.05, 4.69) is 0 Å².